The lowest BCUT2D eigenvalue weighted by molar-refractivity contribution is 0.298. The van der Waals surface area contributed by atoms with Gasteiger partial charge in [0.1, 0.15) is 18.1 Å². The number of thioether (sulfide) groups is 1. The van der Waals surface area contributed by atoms with Crippen LogP contribution < -0.4 is 14.4 Å². The molecule has 0 unspecified atom stereocenters. The largest absolute Gasteiger partial charge is 0.496 e. The molecule has 5 rings (SSSR count). The number of nitrogens with zero attached hydrogens (tertiary/aromatic N) is 1. The molecule has 2 aromatic carbocycles. The molecule has 3 nitrogen and oxygen atoms in total. The quantitative estimate of drug-likeness (QED) is 0.466. The van der Waals surface area contributed by atoms with Crippen molar-refractivity contribution in [2.75, 3.05) is 24.0 Å². The van der Waals surface area contributed by atoms with Crippen LogP contribution in [0.15, 0.2) is 48.6 Å². The second-order valence-electron chi connectivity index (χ2n) is 9.80. The molecule has 0 bridgehead atoms. The number of hydrogen-bond acceptors (Lipinski definition) is 4. The van der Waals surface area contributed by atoms with Crippen molar-refractivity contribution >= 4 is 23.0 Å². The summed E-state index contributed by atoms with van der Waals surface area (Å²) in [4.78, 5) is 2.74. The average Bonchev–Trinajstić information content (AvgIpc) is 2.78. The van der Waals surface area contributed by atoms with E-state index in [1.165, 1.54) is 34.4 Å². The first kappa shape index (κ1) is 21.5. The van der Waals surface area contributed by atoms with Gasteiger partial charge in [-0.3, -0.25) is 0 Å². The lowest BCUT2D eigenvalue weighted by atomic mass is 9.76. The van der Waals surface area contributed by atoms with Crippen LogP contribution in [-0.4, -0.2) is 30.2 Å². The third kappa shape index (κ3) is 3.18. The van der Waals surface area contributed by atoms with E-state index >= 15 is 0 Å². The first-order chi connectivity index (χ1) is 15.4. The molecular formula is C28H33NO2S. The molecule has 3 aliphatic rings. The van der Waals surface area contributed by atoms with E-state index in [0.29, 0.717) is 6.61 Å². The number of allylic oxidation sites excluding steroid dienone is 2. The van der Waals surface area contributed by atoms with E-state index in [1.807, 2.05) is 30.0 Å². The Morgan fingerprint density at radius 2 is 1.97 bits per heavy atom. The zero-order chi connectivity index (χ0) is 22.5. The molecule has 0 amide bonds. The lowest BCUT2D eigenvalue weighted by Gasteiger charge is -2.56. The monoisotopic (exact) mass is 447 g/mol. The molecule has 1 aliphatic carbocycles. The molecular weight excluding hydrogens is 414 g/mol. The third-order valence-corrected chi connectivity index (χ3v) is 8.08. The Morgan fingerprint density at radius 3 is 2.69 bits per heavy atom. The van der Waals surface area contributed by atoms with Crippen molar-refractivity contribution in [2.24, 2.45) is 0 Å². The highest BCUT2D eigenvalue weighted by Gasteiger charge is 2.46. The predicted molar refractivity (Wildman–Crippen MR) is 137 cm³/mol. The van der Waals surface area contributed by atoms with Crippen LogP contribution in [-0.2, 0) is 6.61 Å². The van der Waals surface area contributed by atoms with Gasteiger partial charge in [-0.05, 0) is 75.6 Å². The number of rotatable bonds is 4. The molecule has 2 heterocycles. The Balaban J connectivity index is 1.74. The summed E-state index contributed by atoms with van der Waals surface area (Å²) in [5.41, 5.74) is 7.67. The van der Waals surface area contributed by atoms with Gasteiger partial charge in [-0.25, -0.2) is 0 Å². The van der Waals surface area contributed by atoms with Gasteiger partial charge in [0.05, 0.1) is 23.8 Å². The summed E-state index contributed by atoms with van der Waals surface area (Å²) in [6.45, 7) is 7.59. The van der Waals surface area contributed by atoms with Crippen LogP contribution in [0.3, 0.4) is 0 Å². The summed E-state index contributed by atoms with van der Waals surface area (Å²) in [7, 11) is 1.74. The molecule has 0 aromatic heterocycles. The van der Waals surface area contributed by atoms with Crippen molar-refractivity contribution in [1.82, 2.24) is 0 Å². The fourth-order valence-electron chi connectivity index (χ4n) is 6.25. The van der Waals surface area contributed by atoms with Crippen molar-refractivity contribution < 1.29 is 9.47 Å². The summed E-state index contributed by atoms with van der Waals surface area (Å²) >= 11 is 1.96. The fourth-order valence-corrected chi connectivity index (χ4v) is 7.18. The molecule has 0 saturated carbocycles. The molecule has 32 heavy (non-hydrogen) atoms. The highest BCUT2D eigenvalue weighted by atomic mass is 32.2. The van der Waals surface area contributed by atoms with Crippen LogP contribution in [0.4, 0.5) is 5.69 Å². The molecule has 0 fully saturated rings. The summed E-state index contributed by atoms with van der Waals surface area (Å²) in [5.74, 6) is 2.90. The molecule has 4 heteroatoms. The summed E-state index contributed by atoms with van der Waals surface area (Å²) in [5, 5.41) is 0. The second-order valence-corrected chi connectivity index (χ2v) is 10.7. The Bertz CT molecular complexity index is 1100. The van der Waals surface area contributed by atoms with E-state index in [-0.39, 0.29) is 11.1 Å². The standard InChI is InChI=1S/C28H33NO2S/c1-19-16-27(2,3)29(28(18-32-5)14-7-6-8-15-28)22-13-12-20-21(25(19)22)17-31-24-11-9-10-23(30-4)26(20)24/h6-7,9-13,16H,8,14-15,17-18H2,1-5H3/t28-/m1/s1. The smallest absolute Gasteiger partial charge is 0.131 e. The molecule has 0 N–H and O–H groups in total. The second kappa shape index (κ2) is 7.91. The van der Waals surface area contributed by atoms with E-state index in [2.05, 4.69) is 62.3 Å². The maximum absolute atomic E-state index is 6.27. The van der Waals surface area contributed by atoms with Gasteiger partial charge in [0, 0.05) is 22.6 Å². The van der Waals surface area contributed by atoms with Gasteiger partial charge >= 0.3 is 0 Å². The van der Waals surface area contributed by atoms with Gasteiger partial charge in [-0.15, -0.1) is 0 Å². The van der Waals surface area contributed by atoms with Crippen LogP contribution in [0, 0.1) is 0 Å². The number of anilines is 1. The maximum atomic E-state index is 6.27. The molecule has 2 aromatic rings. The number of hydrogen-bond donors (Lipinski definition) is 0. The van der Waals surface area contributed by atoms with Crippen molar-refractivity contribution in [3.8, 4) is 22.6 Å². The first-order valence-corrected chi connectivity index (χ1v) is 12.9. The average molecular weight is 448 g/mol. The highest BCUT2D eigenvalue weighted by molar-refractivity contribution is 7.98. The Kier molecular flexibility index (Phi) is 5.32. The van der Waals surface area contributed by atoms with Crippen LogP contribution in [0.25, 0.3) is 16.7 Å². The van der Waals surface area contributed by atoms with E-state index in [0.717, 1.165) is 35.7 Å². The van der Waals surface area contributed by atoms with Crippen LogP contribution in [0.5, 0.6) is 11.5 Å². The molecule has 168 valence electrons. The van der Waals surface area contributed by atoms with Gasteiger partial charge in [0.25, 0.3) is 0 Å². The number of benzene rings is 2. The molecule has 0 spiro atoms. The molecule has 0 radical (unpaired) electrons. The van der Waals surface area contributed by atoms with Crippen molar-refractivity contribution in [1.29, 1.82) is 0 Å². The van der Waals surface area contributed by atoms with Crippen molar-refractivity contribution in [3.05, 3.63) is 59.7 Å². The summed E-state index contributed by atoms with van der Waals surface area (Å²) in [6, 6.07) is 10.7. The van der Waals surface area contributed by atoms with E-state index in [9.17, 15) is 0 Å². The molecule has 0 saturated heterocycles. The van der Waals surface area contributed by atoms with Crippen LogP contribution >= 0.6 is 11.8 Å². The van der Waals surface area contributed by atoms with Crippen molar-refractivity contribution in [2.45, 2.75) is 57.7 Å². The molecule has 1 atom stereocenters. The third-order valence-electron chi connectivity index (χ3n) is 7.25. The van der Waals surface area contributed by atoms with E-state index in [1.54, 1.807) is 7.11 Å². The number of ether oxygens (including phenoxy) is 2. The SMILES string of the molecule is COc1cccc2c1-c1ccc3c(c1CO2)C(C)=CC(C)(C)N3[C@]1(CSC)CC=CCC1. The van der Waals surface area contributed by atoms with E-state index in [4.69, 9.17) is 9.47 Å². The maximum Gasteiger partial charge on any atom is 0.131 e. The zero-order valence-corrected chi connectivity index (χ0v) is 20.6. The highest BCUT2D eigenvalue weighted by Crippen LogP contribution is 2.52. The summed E-state index contributed by atoms with van der Waals surface area (Å²) < 4.78 is 12.0. The van der Waals surface area contributed by atoms with Crippen LogP contribution in [0.1, 0.15) is 51.2 Å². The summed E-state index contributed by atoms with van der Waals surface area (Å²) in [6.07, 6.45) is 12.9. The van der Waals surface area contributed by atoms with Gasteiger partial charge in [-0.1, -0.05) is 30.4 Å². The molecule has 2 aliphatic heterocycles. The zero-order valence-electron chi connectivity index (χ0n) is 19.8. The first-order valence-electron chi connectivity index (χ1n) is 11.5. The fraction of sp³-hybridized carbons (Fsp3) is 0.429. The van der Waals surface area contributed by atoms with Crippen molar-refractivity contribution in [3.63, 3.8) is 0 Å². The van der Waals surface area contributed by atoms with Crippen LogP contribution in [0.2, 0.25) is 0 Å². The minimum atomic E-state index is -0.0582. The topological polar surface area (TPSA) is 21.7 Å². The Hall–Kier alpha value is -2.33. The minimum Gasteiger partial charge on any atom is -0.496 e. The van der Waals surface area contributed by atoms with Gasteiger partial charge < -0.3 is 14.4 Å². The number of fused-ring (bicyclic) bond motifs is 5. The Labute approximate surface area is 196 Å². The normalized spacial score (nSPS) is 22.9. The number of methoxy groups -OCH3 is 1. The Morgan fingerprint density at radius 1 is 1.12 bits per heavy atom. The lowest BCUT2D eigenvalue weighted by Crippen LogP contribution is -2.61. The minimum absolute atomic E-state index is 0.0582. The van der Waals surface area contributed by atoms with Gasteiger partial charge in [0.2, 0.25) is 0 Å². The van der Waals surface area contributed by atoms with E-state index < -0.39 is 0 Å². The van der Waals surface area contributed by atoms with Gasteiger partial charge in [-0.2, -0.15) is 11.8 Å². The van der Waals surface area contributed by atoms with Gasteiger partial charge in [0.15, 0.2) is 0 Å². The predicted octanol–water partition coefficient (Wildman–Crippen LogP) is 7.10.